The SMILES string of the molecule is Cc1cc(CO)cc(S(=O)(=O)N2CCS(=O)CC2)c1C. The smallest absolute Gasteiger partial charge is 0.243 e. The zero-order chi connectivity index (χ0) is 14.9. The summed E-state index contributed by atoms with van der Waals surface area (Å²) in [5.41, 5.74) is 2.14. The van der Waals surface area contributed by atoms with Gasteiger partial charge in [0.15, 0.2) is 0 Å². The lowest BCUT2D eigenvalue weighted by molar-refractivity contribution is 0.281. The Hall–Kier alpha value is -0.760. The summed E-state index contributed by atoms with van der Waals surface area (Å²) in [5, 5.41) is 9.24. The summed E-state index contributed by atoms with van der Waals surface area (Å²) in [7, 11) is -4.50. The lowest BCUT2D eigenvalue weighted by Crippen LogP contribution is -2.42. The van der Waals surface area contributed by atoms with E-state index in [1.807, 2.05) is 6.92 Å². The first kappa shape index (κ1) is 15.6. The summed E-state index contributed by atoms with van der Waals surface area (Å²) in [5.74, 6) is 0.772. The zero-order valence-corrected chi connectivity index (χ0v) is 13.3. The Morgan fingerprint density at radius 3 is 2.40 bits per heavy atom. The fourth-order valence-corrected chi connectivity index (χ4v) is 5.33. The van der Waals surface area contributed by atoms with Crippen LogP contribution in [-0.2, 0) is 27.4 Å². The van der Waals surface area contributed by atoms with Gasteiger partial charge in [-0.1, -0.05) is 6.07 Å². The van der Waals surface area contributed by atoms with E-state index in [-0.39, 0.29) is 24.6 Å². The largest absolute Gasteiger partial charge is 0.392 e. The number of rotatable bonds is 3. The molecule has 1 aromatic rings. The van der Waals surface area contributed by atoms with Crippen molar-refractivity contribution in [2.45, 2.75) is 25.3 Å². The van der Waals surface area contributed by atoms with E-state index in [9.17, 15) is 17.7 Å². The first-order valence-corrected chi connectivity index (χ1v) is 9.35. The molecule has 0 unspecified atom stereocenters. The van der Waals surface area contributed by atoms with Crippen LogP contribution in [0.2, 0.25) is 0 Å². The van der Waals surface area contributed by atoms with E-state index in [0.717, 1.165) is 5.56 Å². The molecule has 2 rings (SSSR count). The van der Waals surface area contributed by atoms with Gasteiger partial charge in [0.05, 0.1) is 11.5 Å². The van der Waals surface area contributed by atoms with E-state index in [1.165, 1.54) is 10.4 Å². The van der Waals surface area contributed by atoms with E-state index in [4.69, 9.17) is 0 Å². The van der Waals surface area contributed by atoms with Crippen LogP contribution < -0.4 is 0 Å². The number of aliphatic hydroxyl groups is 1. The first-order chi connectivity index (χ1) is 9.36. The second-order valence-corrected chi connectivity index (χ2v) is 8.55. The molecule has 0 spiro atoms. The van der Waals surface area contributed by atoms with Gasteiger partial charge in [-0.05, 0) is 36.6 Å². The number of sulfonamides is 1. The lowest BCUT2D eigenvalue weighted by atomic mass is 10.1. The van der Waals surface area contributed by atoms with Crippen molar-refractivity contribution >= 4 is 20.8 Å². The number of hydrogen-bond donors (Lipinski definition) is 1. The molecule has 0 atom stereocenters. The molecule has 1 heterocycles. The van der Waals surface area contributed by atoms with Crippen molar-refractivity contribution in [2.24, 2.45) is 0 Å². The monoisotopic (exact) mass is 317 g/mol. The molecule has 1 aliphatic heterocycles. The molecule has 0 aliphatic carbocycles. The van der Waals surface area contributed by atoms with Crippen molar-refractivity contribution in [3.05, 3.63) is 28.8 Å². The molecule has 0 saturated carbocycles. The van der Waals surface area contributed by atoms with Crippen molar-refractivity contribution in [2.75, 3.05) is 24.6 Å². The van der Waals surface area contributed by atoms with Crippen molar-refractivity contribution in [1.29, 1.82) is 0 Å². The Labute approximate surface area is 122 Å². The zero-order valence-electron chi connectivity index (χ0n) is 11.6. The fourth-order valence-electron chi connectivity index (χ4n) is 2.26. The van der Waals surface area contributed by atoms with Crippen molar-refractivity contribution in [1.82, 2.24) is 4.31 Å². The number of nitrogens with zero attached hydrogens (tertiary/aromatic N) is 1. The highest BCUT2D eigenvalue weighted by molar-refractivity contribution is 7.89. The van der Waals surface area contributed by atoms with Gasteiger partial charge in [-0.2, -0.15) is 4.31 Å². The molecular weight excluding hydrogens is 298 g/mol. The summed E-state index contributed by atoms with van der Waals surface area (Å²) in [6.07, 6.45) is 0. The van der Waals surface area contributed by atoms with Gasteiger partial charge >= 0.3 is 0 Å². The van der Waals surface area contributed by atoms with Gasteiger partial charge in [0.25, 0.3) is 0 Å². The van der Waals surface area contributed by atoms with Crippen LogP contribution in [0.25, 0.3) is 0 Å². The predicted octanol–water partition coefficient (Wildman–Crippen LogP) is 0.549. The highest BCUT2D eigenvalue weighted by Crippen LogP contribution is 2.25. The molecule has 7 heteroatoms. The molecule has 1 aliphatic rings. The van der Waals surface area contributed by atoms with Gasteiger partial charge < -0.3 is 5.11 Å². The van der Waals surface area contributed by atoms with Crippen LogP contribution in [0.1, 0.15) is 16.7 Å². The van der Waals surface area contributed by atoms with E-state index < -0.39 is 20.8 Å². The minimum atomic E-state index is -3.58. The summed E-state index contributed by atoms with van der Waals surface area (Å²) >= 11 is 0. The molecule has 20 heavy (non-hydrogen) atoms. The molecule has 1 fully saturated rings. The third-order valence-corrected chi connectivity index (χ3v) is 6.92. The number of benzene rings is 1. The van der Waals surface area contributed by atoms with Crippen molar-refractivity contribution in [3.63, 3.8) is 0 Å². The predicted molar refractivity (Wildman–Crippen MR) is 78.5 cm³/mol. The third-order valence-electron chi connectivity index (χ3n) is 3.62. The molecule has 0 radical (unpaired) electrons. The highest BCUT2D eigenvalue weighted by Gasteiger charge is 2.29. The van der Waals surface area contributed by atoms with Crippen molar-refractivity contribution in [3.8, 4) is 0 Å². The summed E-state index contributed by atoms with van der Waals surface area (Å²) in [6.45, 7) is 3.99. The van der Waals surface area contributed by atoms with Crippen molar-refractivity contribution < 1.29 is 17.7 Å². The molecular formula is C13H19NO4S2. The van der Waals surface area contributed by atoms with Gasteiger partial charge in [-0.15, -0.1) is 0 Å². The Morgan fingerprint density at radius 2 is 1.85 bits per heavy atom. The average molecular weight is 317 g/mol. The average Bonchev–Trinajstić information content (AvgIpc) is 2.42. The highest BCUT2D eigenvalue weighted by atomic mass is 32.2. The maximum absolute atomic E-state index is 12.7. The normalized spacial score (nSPS) is 18.4. The standard InChI is InChI=1S/C13H19NO4S2/c1-10-7-12(9-15)8-13(11(10)2)20(17,18)14-3-5-19(16)6-4-14/h7-8,15H,3-6,9H2,1-2H3. The number of hydrogen-bond acceptors (Lipinski definition) is 4. The first-order valence-electron chi connectivity index (χ1n) is 6.42. The number of aryl methyl sites for hydroxylation is 1. The molecule has 1 N–H and O–H groups in total. The second kappa shape index (κ2) is 5.93. The van der Waals surface area contributed by atoms with Gasteiger partial charge in [0.2, 0.25) is 10.0 Å². The van der Waals surface area contributed by atoms with Gasteiger partial charge in [0, 0.05) is 35.4 Å². The summed E-state index contributed by atoms with van der Waals surface area (Å²) < 4.78 is 38.1. The molecule has 1 aromatic carbocycles. The maximum Gasteiger partial charge on any atom is 0.243 e. The van der Waals surface area contributed by atoms with E-state index in [1.54, 1.807) is 13.0 Å². The van der Waals surface area contributed by atoms with Crippen LogP contribution in [-0.4, -0.2) is 46.6 Å². The molecule has 1 saturated heterocycles. The summed E-state index contributed by atoms with van der Waals surface area (Å²) in [6, 6.07) is 3.32. The second-order valence-electron chi connectivity index (χ2n) is 4.95. The topological polar surface area (TPSA) is 74.7 Å². The molecule has 0 bridgehead atoms. The van der Waals surface area contributed by atoms with Gasteiger partial charge in [0.1, 0.15) is 0 Å². The Bertz CT molecular complexity index is 630. The molecule has 0 aromatic heterocycles. The van der Waals surface area contributed by atoms with Crippen LogP contribution in [0.5, 0.6) is 0 Å². The Kier molecular flexibility index (Phi) is 4.63. The quantitative estimate of drug-likeness (QED) is 0.883. The van der Waals surface area contributed by atoms with Crippen LogP contribution in [0.4, 0.5) is 0 Å². The molecule has 0 amide bonds. The molecule has 112 valence electrons. The maximum atomic E-state index is 12.7. The van der Waals surface area contributed by atoms with E-state index in [0.29, 0.717) is 22.6 Å². The lowest BCUT2D eigenvalue weighted by Gasteiger charge is -2.26. The van der Waals surface area contributed by atoms with Gasteiger partial charge in [-0.3, -0.25) is 4.21 Å². The van der Waals surface area contributed by atoms with Crippen LogP contribution in [0.3, 0.4) is 0 Å². The van der Waals surface area contributed by atoms with E-state index >= 15 is 0 Å². The number of aliphatic hydroxyl groups excluding tert-OH is 1. The van der Waals surface area contributed by atoms with Gasteiger partial charge in [-0.25, -0.2) is 8.42 Å². The summed E-state index contributed by atoms with van der Waals surface area (Å²) in [4.78, 5) is 0.245. The minimum absolute atomic E-state index is 0.187. The third kappa shape index (κ3) is 2.95. The minimum Gasteiger partial charge on any atom is -0.392 e. The fraction of sp³-hybridized carbons (Fsp3) is 0.538. The van der Waals surface area contributed by atoms with E-state index in [2.05, 4.69) is 0 Å². The van der Waals surface area contributed by atoms with Crippen LogP contribution in [0, 0.1) is 13.8 Å². The van der Waals surface area contributed by atoms with Crippen LogP contribution in [0.15, 0.2) is 17.0 Å². The Morgan fingerprint density at radius 1 is 1.25 bits per heavy atom. The molecule has 5 nitrogen and oxygen atoms in total. The van der Waals surface area contributed by atoms with Crippen LogP contribution >= 0.6 is 0 Å². The Balaban J connectivity index is 2.44.